The highest BCUT2D eigenvalue weighted by Gasteiger charge is 2.23. The van der Waals surface area contributed by atoms with Crippen molar-refractivity contribution in [3.05, 3.63) is 34.1 Å². The number of hydrogen-bond acceptors (Lipinski definition) is 2. The number of guanidine groups is 1. The summed E-state index contributed by atoms with van der Waals surface area (Å²) in [4.78, 5) is 18.1. The van der Waals surface area contributed by atoms with E-state index in [4.69, 9.17) is 10.7 Å². The largest absolute Gasteiger partial charge is 0.370 e. The van der Waals surface area contributed by atoms with Gasteiger partial charge in [0.15, 0.2) is 5.96 Å². The molecule has 1 unspecified atom stereocenters. The van der Waals surface area contributed by atoms with E-state index in [1.165, 1.54) is 6.07 Å². The second-order valence-electron chi connectivity index (χ2n) is 6.70. The Hall–Kier alpha value is -0.900. The molecule has 8 heteroatoms. The van der Waals surface area contributed by atoms with Gasteiger partial charge >= 0.3 is 0 Å². The Morgan fingerprint density at radius 2 is 2.26 bits per heavy atom. The molecule has 152 valence electrons. The van der Waals surface area contributed by atoms with Crippen LogP contribution in [0.2, 0.25) is 0 Å². The van der Waals surface area contributed by atoms with Gasteiger partial charge in [0.2, 0.25) is 5.91 Å². The highest BCUT2D eigenvalue weighted by Crippen LogP contribution is 2.20. The molecule has 5 nitrogen and oxygen atoms in total. The van der Waals surface area contributed by atoms with Crippen LogP contribution in [-0.2, 0) is 11.2 Å². The quantitative estimate of drug-likeness (QED) is 0.234. The predicted octanol–water partition coefficient (Wildman–Crippen LogP) is 3.69. The van der Waals surface area contributed by atoms with Crippen molar-refractivity contribution >= 4 is 51.8 Å². The number of nitrogens with zero attached hydrogens (tertiary/aromatic N) is 2. The molecule has 1 saturated heterocycles. The molecular formula is C19H29BrFIN4O. The van der Waals surface area contributed by atoms with Crippen LogP contribution in [0.4, 0.5) is 4.39 Å². The number of carbonyl (C=O) groups is 1. The summed E-state index contributed by atoms with van der Waals surface area (Å²) in [6.45, 7) is 5.20. The van der Waals surface area contributed by atoms with Crippen LogP contribution < -0.4 is 11.1 Å². The second kappa shape index (κ2) is 12.5. The van der Waals surface area contributed by atoms with E-state index in [0.717, 1.165) is 49.3 Å². The Bertz CT molecular complexity index is 644. The number of primary amides is 1. The fraction of sp³-hybridized carbons (Fsp3) is 0.579. The van der Waals surface area contributed by atoms with Crippen LogP contribution in [0.1, 0.15) is 38.2 Å². The number of carbonyl (C=O) groups excluding carboxylic acids is 1. The number of rotatable bonds is 7. The summed E-state index contributed by atoms with van der Waals surface area (Å²) in [6, 6.07) is 5.17. The molecule has 0 bridgehead atoms. The topological polar surface area (TPSA) is 70.7 Å². The first-order valence-corrected chi connectivity index (χ1v) is 10.0. The molecule has 1 aliphatic heterocycles. The number of hydrogen-bond donors (Lipinski definition) is 2. The molecule has 1 aliphatic rings. The van der Waals surface area contributed by atoms with Crippen molar-refractivity contribution in [3.63, 3.8) is 0 Å². The van der Waals surface area contributed by atoms with Crippen LogP contribution in [0.25, 0.3) is 0 Å². The number of aliphatic imine (C=N–C) groups is 1. The van der Waals surface area contributed by atoms with Gasteiger partial charge in [-0.1, -0.05) is 22.0 Å². The summed E-state index contributed by atoms with van der Waals surface area (Å²) < 4.78 is 14.6. The molecule has 1 fully saturated rings. The van der Waals surface area contributed by atoms with Crippen LogP contribution in [0.3, 0.4) is 0 Å². The lowest BCUT2D eigenvalue weighted by atomic mass is 9.95. The zero-order valence-corrected chi connectivity index (χ0v) is 19.6. The first kappa shape index (κ1) is 24.1. The third kappa shape index (κ3) is 8.33. The van der Waals surface area contributed by atoms with Crippen LogP contribution in [0.15, 0.2) is 27.7 Å². The minimum Gasteiger partial charge on any atom is -0.370 e. The number of aryl methyl sites for hydroxylation is 1. The molecule has 3 N–H and O–H groups in total. The normalized spacial score (nSPS) is 17.4. The van der Waals surface area contributed by atoms with Gasteiger partial charge in [0.05, 0.1) is 0 Å². The Kier molecular flexibility index (Phi) is 11.2. The van der Waals surface area contributed by atoms with Crippen molar-refractivity contribution in [1.29, 1.82) is 0 Å². The molecule has 0 saturated carbocycles. The van der Waals surface area contributed by atoms with Gasteiger partial charge in [0.1, 0.15) is 5.82 Å². The SMILES string of the molecule is CCNC(=NCCCc1ccc(Br)cc1F)N1CCCC(CC(N)=O)C1.I. The van der Waals surface area contributed by atoms with E-state index in [9.17, 15) is 9.18 Å². The number of likely N-dealkylation sites (tertiary alicyclic amines) is 1. The van der Waals surface area contributed by atoms with E-state index in [1.807, 2.05) is 19.1 Å². The summed E-state index contributed by atoms with van der Waals surface area (Å²) in [5.74, 6) is 0.746. The lowest BCUT2D eigenvalue weighted by Crippen LogP contribution is -2.47. The summed E-state index contributed by atoms with van der Waals surface area (Å²) in [5, 5.41) is 3.32. The van der Waals surface area contributed by atoms with Crippen molar-refractivity contribution in [2.75, 3.05) is 26.2 Å². The van der Waals surface area contributed by atoms with Crippen LogP contribution in [0.5, 0.6) is 0 Å². The molecule has 0 aliphatic carbocycles. The molecule has 1 amide bonds. The summed E-state index contributed by atoms with van der Waals surface area (Å²) in [7, 11) is 0. The third-order valence-corrected chi connectivity index (χ3v) is 5.02. The van der Waals surface area contributed by atoms with E-state index in [-0.39, 0.29) is 35.7 Å². The van der Waals surface area contributed by atoms with Crippen molar-refractivity contribution < 1.29 is 9.18 Å². The van der Waals surface area contributed by atoms with Crippen LogP contribution >= 0.6 is 39.9 Å². The Morgan fingerprint density at radius 1 is 1.48 bits per heavy atom. The highest BCUT2D eigenvalue weighted by atomic mass is 127. The average Bonchev–Trinajstić information content (AvgIpc) is 2.59. The Labute approximate surface area is 186 Å². The predicted molar refractivity (Wildman–Crippen MR) is 122 cm³/mol. The first-order chi connectivity index (χ1) is 12.5. The number of piperidine rings is 1. The summed E-state index contributed by atoms with van der Waals surface area (Å²) in [6.07, 6.45) is 3.94. The van der Waals surface area contributed by atoms with Crippen molar-refractivity contribution in [3.8, 4) is 0 Å². The van der Waals surface area contributed by atoms with Gasteiger partial charge in [0, 0.05) is 37.1 Å². The average molecular weight is 555 g/mol. The maximum absolute atomic E-state index is 13.9. The molecule has 27 heavy (non-hydrogen) atoms. The maximum atomic E-state index is 13.9. The van der Waals surface area contributed by atoms with Gasteiger partial charge in [-0.3, -0.25) is 9.79 Å². The lowest BCUT2D eigenvalue weighted by molar-refractivity contribution is -0.119. The van der Waals surface area contributed by atoms with Crippen molar-refractivity contribution in [2.24, 2.45) is 16.6 Å². The van der Waals surface area contributed by atoms with Gasteiger partial charge in [-0.2, -0.15) is 0 Å². The fourth-order valence-corrected chi connectivity index (χ4v) is 3.65. The third-order valence-electron chi connectivity index (χ3n) is 4.52. The number of halogens is 3. The van der Waals surface area contributed by atoms with Crippen molar-refractivity contribution in [1.82, 2.24) is 10.2 Å². The second-order valence-corrected chi connectivity index (χ2v) is 7.62. The minimum absolute atomic E-state index is 0. The van der Waals surface area contributed by atoms with Gasteiger partial charge in [-0.15, -0.1) is 24.0 Å². The van der Waals surface area contributed by atoms with Crippen LogP contribution in [-0.4, -0.2) is 42.9 Å². The van der Waals surface area contributed by atoms with E-state index in [2.05, 4.69) is 26.1 Å². The first-order valence-electron chi connectivity index (χ1n) is 9.25. The van der Waals surface area contributed by atoms with Crippen molar-refractivity contribution in [2.45, 2.75) is 39.0 Å². The number of nitrogens with one attached hydrogen (secondary N) is 1. The molecule has 1 aromatic carbocycles. The smallest absolute Gasteiger partial charge is 0.217 e. The van der Waals surface area contributed by atoms with E-state index in [0.29, 0.717) is 30.9 Å². The Balaban J connectivity index is 0.00000364. The van der Waals surface area contributed by atoms with E-state index in [1.54, 1.807) is 0 Å². The zero-order chi connectivity index (χ0) is 18.9. The Morgan fingerprint density at radius 3 is 2.93 bits per heavy atom. The number of amides is 1. The maximum Gasteiger partial charge on any atom is 0.217 e. The summed E-state index contributed by atoms with van der Waals surface area (Å²) >= 11 is 3.27. The van der Waals surface area contributed by atoms with Gasteiger partial charge in [-0.05, 0) is 56.2 Å². The molecule has 1 heterocycles. The number of nitrogens with two attached hydrogens (primary N) is 1. The zero-order valence-electron chi connectivity index (χ0n) is 15.7. The minimum atomic E-state index is -0.240. The monoisotopic (exact) mass is 554 g/mol. The summed E-state index contributed by atoms with van der Waals surface area (Å²) in [5.41, 5.74) is 6.06. The van der Waals surface area contributed by atoms with Crippen LogP contribution in [0, 0.1) is 11.7 Å². The molecule has 2 rings (SSSR count). The molecule has 0 spiro atoms. The van der Waals surface area contributed by atoms with E-state index >= 15 is 0 Å². The molecule has 0 aromatic heterocycles. The fourth-order valence-electron chi connectivity index (χ4n) is 3.31. The van der Waals surface area contributed by atoms with Gasteiger partial charge in [0.25, 0.3) is 0 Å². The highest BCUT2D eigenvalue weighted by molar-refractivity contribution is 14.0. The van der Waals surface area contributed by atoms with E-state index < -0.39 is 0 Å². The molecule has 0 radical (unpaired) electrons. The number of benzene rings is 1. The van der Waals surface area contributed by atoms with Gasteiger partial charge < -0.3 is 16.0 Å². The lowest BCUT2D eigenvalue weighted by Gasteiger charge is -2.34. The molecule has 1 aromatic rings. The molecule has 1 atom stereocenters. The standard InChI is InChI=1S/C19H28BrFN4O.HI/c1-2-23-19(25-10-4-5-14(13-25)11-18(22)26)24-9-3-6-15-7-8-16(20)12-17(15)21;/h7-8,12,14H,2-6,9-11,13H2,1H3,(H2,22,26)(H,23,24);1H. The molecular weight excluding hydrogens is 526 g/mol. The van der Waals surface area contributed by atoms with Gasteiger partial charge in [-0.25, -0.2) is 4.39 Å².